The lowest BCUT2D eigenvalue weighted by Gasteiger charge is -2.34. The molecule has 3 atom stereocenters. The van der Waals surface area contributed by atoms with Gasteiger partial charge in [-0.15, -0.1) is 5.06 Å². The summed E-state index contributed by atoms with van der Waals surface area (Å²) in [7, 11) is 2.34. The molecule has 5 aromatic carbocycles. The third kappa shape index (κ3) is 14.0. The van der Waals surface area contributed by atoms with Crippen LogP contribution in [0.4, 0.5) is 28.4 Å². The molecule has 4 amide bonds. The Hall–Kier alpha value is -7.39. The molecule has 5 aliphatic heterocycles. The Labute approximate surface area is 506 Å². The second kappa shape index (κ2) is 27.1. The quantitative estimate of drug-likeness (QED) is 0.0208. The maximum Gasteiger partial charge on any atom is 0.353 e. The molecule has 5 heterocycles. The average Bonchev–Trinajstić information content (AvgIpc) is 1.77. The number of hydrogen-bond acceptors (Lipinski definition) is 20. The number of nitrogens with zero attached hydrogens (tertiary/aromatic N) is 5. The van der Waals surface area contributed by atoms with E-state index in [1.54, 1.807) is 42.5 Å². The smallest absolute Gasteiger partial charge is 0.353 e. The number of hydrogen-bond donors (Lipinski definition) is 2. The molecule has 5 aliphatic rings. The zero-order chi connectivity index (χ0) is 60.7. The van der Waals surface area contributed by atoms with Crippen LogP contribution in [-0.4, -0.2) is 156 Å². The molecule has 2 N–H and O–H groups in total. The number of carbonyl (C=O) groups excluding carboxylic acids is 5. The minimum Gasteiger partial charge on any atom is -0.493 e. The number of para-hydroxylation sites is 2. The molecule has 1 fully saturated rings. The Morgan fingerprint density at radius 3 is 2.02 bits per heavy atom. The minimum atomic E-state index is -4.99. The van der Waals surface area contributed by atoms with Crippen molar-refractivity contribution in [3.63, 3.8) is 0 Å². The number of anilines is 4. The summed E-state index contributed by atoms with van der Waals surface area (Å²) >= 11 is 0. The Morgan fingerprint density at radius 2 is 1.36 bits per heavy atom. The fourth-order valence-electron chi connectivity index (χ4n) is 11.0. The Balaban J connectivity index is 0.923. The highest BCUT2D eigenvalue weighted by atomic mass is 33.1. The third-order valence-corrected chi connectivity index (χ3v) is 19.6. The summed E-state index contributed by atoms with van der Waals surface area (Å²) in [6.07, 6.45) is 2.40. The van der Waals surface area contributed by atoms with E-state index in [9.17, 15) is 36.9 Å². The number of methoxy groups -OCH3 is 3. The van der Waals surface area contributed by atoms with Gasteiger partial charge in [-0.2, -0.15) is 8.42 Å². The predicted octanol–water partition coefficient (Wildman–Crippen LogP) is 8.05. The van der Waals surface area contributed by atoms with Crippen LogP contribution in [-0.2, 0) is 69.6 Å². The van der Waals surface area contributed by atoms with Crippen LogP contribution in [0, 0.1) is 0 Å². The molecule has 0 aromatic heterocycles. The van der Waals surface area contributed by atoms with Gasteiger partial charge in [0.25, 0.3) is 33.7 Å². The molecular formula is C61H68N6O16S3. The third-order valence-electron chi connectivity index (χ3n) is 15.1. The maximum absolute atomic E-state index is 14.3. The number of rotatable bonds is 28. The van der Waals surface area contributed by atoms with Gasteiger partial charge < -0.3 is 53.1 Å². The highest BCUT2D eigenvalue weighted by molar-refractivity contribution is 8.77. The van der Waals surface area contributed by atoms with E-state index < -0.39 is 37.9 Å². The second-order valence-corrected chi connectivity index (χ2v) is 26.4. The highest BCUT2D eigenvalue weighted by Gasteiger charge is 2.41. The van der Waals surface area contributed by atoms with Crippen molar-refractivity contribution in [1.82, 2.24) is 5.06 Å². The lowest BCUT2D eigenvalue weighted by molar-refractivity contribution is -0.197. The van der Waals surface area contributed by atoms with Crippen molar-refractivity contribution in [2.24, 2.45) is 4.99 Å². The van der Waals surface area contributed by atoms with Gasteiger partial charge in [-0.25, -0.2) is 4.79 Å². The largest absolute Gasteiger partial charge is 0.493 e. The summed E-state index contributed by atoms with van der Waals surface area (Å²) in [6, 6.07) is 28.3. The number of fused-ring (bicyclic) bond motifs is 8. The number of nitrogens with one attached hydrogen (secondary N) is 1. The summed E-state index contributed by atoms with van der Waals surface area (Å²) in [5.41, 5.74) is 8.02. The molecule has 5 aromatic rings. The molecule has 0 bridgehead atoms. The summed E-state index contributed by atoms with van der Waals surface area (Å²) in [4.78, 5) is 81.3. The van der Waals surface area contributed by atoms with Gasteiger partial charge in [0.2, 0.25) is 0 Å². The van der Waals surface area contributed by atoms with Gasteiger partial charge >= 0.3 is 5.97 Å². The number of benzene rings is 5. The zero-order valence-corrected chi connectivity index (χ0v) is 50.8. The van der Waals surface area contributed by atoms with Crippen LogP contribution >= 0.6 is 21.6 Å². The van der Waals surface area contributed by atoms with Gasteiger partial charge in [0, 0.05) is 91.9 Å². The van der Waals surface area contributed by atoms with E-state index in [0.717, 1.165) is 45.7 Å². The van der Waals surface area contributed by atoms with Crippen molar-refractivity contribution in [2.45, 2.75) is 81.2 Å². The lowest BCUT2D eigenvalue weighted by Crippen LogP contribution is -2.40. The van der Waals surface area contributed by atoms with E-state index in [0.29, 0.717) is 98.0 Å². The first-order valence-corrected chi connectivity index (χ1v) is 31.9. The van der Waals surface area contributed by atoms with Crippen LogP contribution in [0.2, 0.25) is 0 Å². The van der Waals surface area contributed by atoms with Crippen molar-refractivity contribution >= 4 is 96.0 Å². The minimum absolute atomic E-state index is 0.0271. The maximum atomic E-state index is 14.3. The summed E-state index contributed by atoms with van der Waals surface area (Å²) < 4.78 is 76.3. The molecule has 22 nitrogen and oxygen atoms in total. The molecule has 0 saturated carbocycles. The van der Waals surface area contributed by atoms with Crippen LogP contribution in [0.15, 0.2) is 96.0 Å². The number of aliphatic imine (C=N–C) groups is 1. The summed E-state index contributed by atoms with van der Waals surface area (Å²) in [5, 5.41) is 1.71. The lowest BCUT2D eigenvalue weighted by atomic mass is 10.1. The van der Waals surface area contributed by atoms with Gasteiger partial charge in [-0.05, 0) is 91.4 Å². The highest BCUT2D eigenvalue weighted by Crippen LogP contribution is 2.44. The SMILES string of the molecule is COCCOCCOCCN(CC(C)(C)SSCCC(C(=O)ON1C(=O)CCC1=O)S(=O)(=O)O)c1cc(COc2cc3c(cc2OC)C(=O)N2c4ccccc4C[C@H]2C=N3)cc(COc2cc3c(cc2OC)C(=O)N2c4ccccc4C[C@H]2CN3)c1. The fraction of sp³-hybridized carbons (Fsp3) is 0.410. The first-order chi connectivity index (χ1) is 41.4. The molecule has 1 unspecified atom stereocenters. The van der Waals surface area contributed by atoms with E-state index in [2.05, 4.69) is 16.3 Å². The monoisotopic (exact) mass is 1240 g/mol. The van der Waals surface area contributed by atoms with Crippen molar-refractivity contribution < 1.29 is 74.9 Å². The van der Waals surface area contributed by atoms with Gasteiger partial charge in [-0.3, -0.25) is 33.6 Å². The molecule has 456 valence electrons. The standard InChI is InChI=1S/C61H68N6O16S3/c1-61(2,85-84-23-16-55(86(73,74)75)60(72)83-67-56(68)14-15-57(67)69)37-64(17-18-79-21-22-80-20-19-76-3)42-25-38(35-81-53-31-47-45(29-51(53)77-4)58(70)65-43(33-62-47)27-40-10-6-8-12-49(40)65)24-39(26-42)36-82-54-32-48-46(30-52(54)78-5)59(71)66-44(34-63-48)28-41-11-7-9-13-50(41)66/h6-13,24-26,29-33,43-44,55,63H,14-23,27-28,34-37H2,1-5H3,(H,73,74,75)/t43-,44-,55?/m0/s1. The van der Waals surface area contributed by atoms with Crippen molar-refractivity contribution in [3.05, 3.63) is 124 Å². The summed E-state index contributed by atoms with van der Waals surface area (Å²) in [5.74, 6) is -1.83. The topological polar surface area (TPSA) is 251 Å². The van der Waals surface area contributed by atoms with Gasteiger partial charge in [-0.1, -0.05) is 58.0 Å². The van der Waals surface area contributed by atoms with Crippen LogP contribution in [0.1, 0.15) is 76.1 Å². The van der Waals surface area contributed by atoms with Crippen molar-refractivity contribution in [1.29, 1.82) is 0 Å². The molecule has 0 aliphatic carbocycles. The average molecular weight is 1240 g/mol. The molecule has 86 heavy (non-hydrogen) atoms. The van der Waals surface area contributed by atoms with E-state index in [4.69, 9.17) is 43.0 Å². The Bertz CT molecular complexity index is 3510. The predicted molar refractivity (Wildman–Crippen MR) is 326 cm³/mol. The van der Waals surface area contributed by atoms with E-state index in [1.165, 1.54) is 35.8 Å². The Kier molecular flexibility index (Phi) is 19.4. The molecular weight excluding hydrogens is 1170 g/mol. The van der Waals surface area contributed by atoms with Gasteiger partial charge in [0.15, 0.2) is 28.2 Å². The van der Waals surface area contributed by atoms with Crippen LogP contribution in [0.5, 0.6) is 23.0 Å². The van der Waals surface area contributed by atoms with E-state index in [1.807, 2.05) is 79.4 Å². The first kappa shape index (κ1) is 61.7. The van der Waals surface area contributed by atoms with Crippen molar-refractivity contribution in [3.8, 4) is 23.0 Å². The Morgan fingerprint density at radius 1 is 0.756 bits per heavy atom. The second-order valence-electron chi connectivity index (χ2n) is 21.6. The van der Waals surface area contributed by atoms with Crippen LogP contribution in [0.25, 0.3) is 0 Å². The molecule has 0 spiro atoms. The number of amides is 4. The van der Waals surface area contributed by atoms with Gasteiger partial charge in [0.05, 0.1) is 81.8 Å². The van der Waals surface area contributed by atoms with Crippen LogP contribution in [0.3, 0.4) is 0 Å². The zero-order valence-electron chi connectivity index (χ0n) is 48.3. The number of ether oxygens (including phenoxy) is 7. The number of carbonyl (C=O) groups is 5. The number of hydroxylamine groups is 2. The fourth-order valence-corrected chi connectivity index (χ4v) is 14.4. The molecule has 10 rings (SSSR count). The molecule has 25 heteroatoms. The normalized spacial score (nSPS) is 17.2. The van der Waals surface area contributed by atoms with Crippen molar-refractivity contribution in [2.75, 3.05) is 99.8 Å². The van der Waals surface area contributed by atoms with E-state index in [-0.39, 0.29) is 73.8 Å². The van der Waals surface area contributed by atoms with Gasteiger partial charge in [0.1, 0.15) is 13.2 Å². The summed E-state index contributed by atoms with van der Waals surface area (Å²) in [6.45, 7) is 7.17. The molecule has 0 radical (unpaired) electrons. The van der Waals surface area contributed by atoms with E-state index >= 15 is 0 Å². The first-order valence-electron chi connectivity index (χ1n) is 28.1. The van der Waals surface area contributed by atoms with Crippen LogP contribution < -0.4 is 39.0 Å². The molecule has 1 saturated heterocycles. The number of imide groups is 1.